The average Bonchev–Trinajstić information content (AvgIpc) is 3.34. The number of nitrogens with one attached hydrogen (secondary N) is 1. The van der Waals surface area contributed by atoms with Gasteiger partial charge in [0.1, 0.15) is 0 Å². The molecule has 1 saturated heterocycles. The highest BCUT2D eigenvalue weighted by atomic mass is 16.6. The Kier molecular flexibility index (Phi) is 6.23. The number of ether oxygens (including phenoxy) is 4. The highest BCUT2D eigenvalue weighted by Crippen LogP contribution is 2.38. The SMILES string of the molecule is COC(=O)N/N=C(\C)C(C(=O)OC)N1CC1(C(=O)OC)C(=O)OC. The Bertz CT molecular complexity index is 558. The van der Waals surface area contributed by atoms with Crippen LogP contribution in [0.1, 0.15) is 6.92 Å². The number of hydrazone groups is 1. The van der Waals surface area contributed by atoms with E-state index in [2.05, 4.69) is 24.0 Å². The minimum atomic E-state index is -1.76. The van der Waals surface area contributed by atoms with Gasteiger partial charge in [-0.3, -0.25) is 4.90 Å². The number of esters is 3. The normalized spacial score (nSPS) is 19.5. The molecule has 0 spiro atoms. The number of amides is 1. The predicted octanol–water partition coefficient (Wildman–Crippen LogP) is -1.34. The summed E-state index contributed by atoms with van der Waals surface area (Å²) in [5.74, 6) is -2.54. The lowest BCUT2D eigenvalue weighted by atomic mass is 10.1. The molecule has 0 aliphatic carbocycles. The van der Waals surface area contributed by atoms with Gasteiger partial charge in [0.2, 0.25) is 5.54 Å². The van der Waals surface area contributed by atoms with Crippen LogP contribution in [0.3, 0.4) is 0 Å². The summed E-state index contributed by atoms with van der Waals surface area (Å²) >= 11 is 0. The lowest BCUT2D eigenvalue weighted by Crippen LogP contribution is -2.48. The number of methoxy groups -OCH3 is 4. The van der Waals surface area contributed by atoms with Crippen molar-refractivity contribution in [1.29, 1.82) is 0 Å². The van der Waals surface area contributed by atoms with E-state index in [1.165, 1.54) is 11.8 Å². The van der Waals surface area contributed by atoms with Crippen molar-refractivity contribution in [2.24, 2.45) is 5.10 Å². The van der Waals surface area contributed by atoms with E-state index >= 15 is 0 Å². The van der Waals surface area contributed by atoms with Crippen molar-refractivity contribution in [2.75, 3.05) is 35.0 Å². The molecule has 1 heterocycles. The van der Waals surface area contributed by atoms with Crippen LogP contribution in [0.5, 0.6) is 0 Å². The zero-order chi connectivity index (χ0) is 18.5. The van der Waals surface area contributed by atoms with Crippen molar-refractivity contribution >= 4 is 29.7 Å². The minimum Gasteiger partial charge on any atom is -0.468 e. The Morgan fingerprint density at radius 2 is 1.54 bits per heavy atom. The summed E-state index contributed by atoms with van der Waals surface area (Å²) in [5.41, 5.74) is 0.360. The number of hydrogen-bond donors (Lipinski definition) is 1. The molecule has 24 heavy (non-hydrogen) atoms. The molecule has 0 aromatic heterocycles. The molecule has 2 atom stereocenters. The fourth-order valence-electron chi connectivity index (χ4n) is 2.18. The number of hydrogen-bond acceptors (Lipinski definition) is 10. The molecule has 0 bridgehead atoms. The monoisotopic (exact) mass is 345 g/mol. The molecule has 1 aliphatic heterocycles. The zero-order valence-corrected chi connectivity index (χ0v) is 13.9. The van der Waals surface area contributed by atoms with Gasteiger partial charge in [-0.2, -0.15) is 5.10 Å². The van der Waals surface area contributed by atoms with E-state index in [4.69, 9.17) is 0 Å². The maximum Gasteiger partial charge on any atom is 0.427 e. The molecule has 0 aromatic rings. The maximum atomic E-state index is 12.1. The summed E-state index contributed by atoms with van der Waals surface area (Å²) in [4.78, 5) is 48.4. The number of rotatable bonds is 6. The third-order valence-corrected chi connectivity index (χ3v) is 3.47. The van der Waals surface area contributed by atoms with E-state index < -0.39 is 35.6 Å². The van der Waals surface area contributed by atoms with E-state index in [0.29, 0.717) is 0 Å². The molecule has 1 amide bonds. The summed E-state index contributed by atoms with van der Waals surface area (Å²) in [6.07, 6.45) is -0.851. The van der Waals surface area contributed by atoms with E-state index in [9.17, 15) is 19.2 Å². The van der Waals surface area contributed by atoms with Crippen LogP contribution < -0.4 is 5.43 Å². The van der Waals surface area contributed by atoms with Crippen molar-refractivity contribution in [3.8, 4) is 0 Å². The second-order valence-electron chi connectivity index (χ2n) is 4.75. The van der Waals surface area contributed by atoms with Crippen LogP contribution in [0, 0.1) is 0 Å². The van der Waals surface area contributed by atoms with Gasteiger partial charge in [-0.1, -0.05) is 0 Å². The predicted molar refractivity (Wildman–Crippen MR) is 77.9 cm³/mol. The van der Waals surface area contributed by atoms with E-state index in [1.54, 1.807) is 0 Å². The molecule has 1 N–H and O–H groups in total. The van der Waals surface area contributed by atoms with Gasteiger partial charge in [0.25, 0.3) is 0 Å². The van der Waals surface area contributed by atoms with Crippen LogP contribution in [0.4, 0.5) is 4.79 Å². The van der Waals surface area contributed by atoms with Gasteiger partial charge >= 0.3 is 24.0 Å². The first-order valence-corrected chi connectivity index (χ1v) is 6.69. The molecular formula is C13H19N3O8. The van der Waals surface area contributed by atoms with Crippen LogP contribution in [0.15, 0.2) is 5.10 Å². The molecule has 1 fully saturated rings. The molecular weight excluding hydrogens is 326 g/mol. The van der Waals surface area contributed by atoms with Crippen LogP contribution in [-0.2, 0) is 33.3 Å². The third-order valence-electron chi connectivity index (χ3n) is 3.47. The summed E-state index contributed by atoms with van der Waals surface area (Å²) in [6, 6.07) is -1.20. The maximum absolute atomic E-state index is 12.1. The van der Waals surface area contributed by atoms with Gasteiger partial charge in [0, 0.05) is 6.54 Å². The zero-order valence-electron chi connectivity index (χ0n) is 13.9. The first-order valence-electron chi connectivity index (χ1n) is 6.69. The van der Waals surface area contributed by atoms with Gasteiger partial charge in [-0.15, -0.1) is 0 Å². The molecule has 11 heteroatoms. The average molecular weight is 345 g/mol. The fraction of sp³-hybridized carbons (Fsp3) is 0.615. The standard InChI is InChI=1S/C13H19N3O8/c1-7(14-15-12(20)24-5)8(9(17)21-2)16-6-13(16,10(18)22-3)11(19)23-4/h8H,6H2,1-5H3,(H,15,20)/b14-7+. The van der Waals surface area contributed by atoms with Crippen molar-refractivity contribution < 1.29 is 38.1 Å². The number of carbonyl (C=O) groups is 4. The highest BCUT2D eigenvalue weighted by Gasteiger charge is 2.70. The van der Waals surface area contributed by atoms with Gasteiger partial charge in [0.15, 0.2) is 6.04 Å². The van der Waals surface area contributed by atoms with E-state index in [1.807, 2.05) is 5.43 Å². The summed E-state index contributed by atoms with van der Waals surface area (Å²) in [5, 5.41) is 3.71. The van der Waals surface area contributed by atoms with Gasteiger partial charge in [-0.25, -0.2) is 24.6 Å². The lowest BCUT2D eigenvalue weighted by molar-refractivity contribution is -0.158. The Morgan fingerprint density at radius 1 is 1.00 bits per heavy atom. The molecule has 0 aromatic carbocycles. The van der Waals surface area contributed by atoms with Crippen molar-refractivity contribution in [3.05, 3.63) is 0 Å². The first kappa shape index (κ1) is 19.4. The van der Waals surface area contributed by atoms with E-state index in [-0.39, 0.29) is 12.3 Å². The topological polar surface area (TPSA) is 133 Å². The molecule has 134 valence electrons. The Labute approximate surface area is 137 Å². The van der Waals surface area contributed by atoms with Crippen LogP contribution in [0.25, 0.3) is 0 Å². The quantitative estimate of drug-likeness (QED) is 0.155. The Balaban J connectivity index is 3.15. The van der Waals surface area contributed by atoms with Gasteiger partial charge in [-0.05, 0) is 6.92 Å². The Morgan fingerprint density at radius 3 is 1.96 bits per heavy atom. The van der Waals surface area contributed by atoms with Crippen molar-refractivity contribution in [3.63, 3.8) is 0 Å². The Hall–Kier alpha value is -2.69. The molecule has 1 rings (SSSR count). The molecule has 1 aliphatic rings. The van der Waals surface area contributed by atoms with Gasteiger partial charge < -0.3 is 18.9 Å². The molecule has 11 nitrogen and oxygen atoms in total. The van der Waals surface area contributed by atoms with Crippen molar-refractivity contribution in [2.45, 2.75) is 18.5 Å². The molecule has 0 saturated carbocycles. The smallest absolute Gasteiger partial charge is 0.427 e. The summed E-state index contributed by atoms with van der Waals surface area (Å²) in [7, 11) is 4.49. The summed E-state index contributed by atoms with van der Waals surface area (Å²) in [6.45, 7) is 1.28. The van der Waals surface area contributed by atoms with Crippen molar-refractivity contribution in [1.82, 2.24) is 10.3 Å². The first-order chi connectivity index (χ1) is 11.3. The van der Waals surface area contributed by atoms with Crippen LogP contribution in [-0.4, -0.2) is 81.2 Å². The summed E-state index contributed by atoms with van der Waals surface area (Å²) < 4.78 is 18.3. The third kappa shape index (κ3) is 3.45. The highest BCUT2D eigenvalue weighted by molar-refractivity contribution is 6.13. The minimum absolute atomic E-state index is 0.0712. The van der Waals surface area contributed by atoms with Crippen LogP contribution in [0.2, 0.25) is 0 Å². The van der Waals surface area contributed by atoms with Crippen LogP contribution >= 0.6 is 0 Å². The van der Waals surface area contributed by atoms with E-state index in [0.717, 1.165) is 28.4 Å². The second kappa shape index (κ2) is 7.73. The largest absolute Gasteiger partial charge is 0.468 e. The second-order valence-corrected chi connectivity index (χ2v) is 4.75. The number of nitrogens with zero attached hydrogens (tertiary/aromatic N) is 2. The molecule has 2 unspecified atom stereocenters. The molecule has 0 radical (unpaired) electrons. The number of carbonyl (C=O) groups excluding carboxylic acids is 4. The van der Waals surface area contributed by atoms with Gasteiger partial charge in [0.05, 0.1) is 34.2 Å². The lowest BCUT2D eigenvalue weighted by Gasteiger charge is -2.20. The fourth-order valence-corrected chi connectivity index (χ4v) is 2.18.